The van der Waals surface area contributed by atoms with E-state index in [0.717, 1.165) is 24.5 Å². The lowest BCUT2D eigenvalue weighted by atomic mass is 10.0. The Bertz CT molecular complexity index is 1410. The monoisotopic (exact) mass is 672 g/mol. The highest BCUT2D eigenvalue weighted by Gasteiger charge is 2.54. The number of hydrogen-bond donors (Lipinski definition) is 1. The van der Waals surface area contributed by atoms with Crippen LogP contribution in [0.25, 0.3) is 0 Å². The number of hydrogen-bond acceptors (Lipinski definition) is 7. The summed E-state index contributed by atoms with van der Waals surface area (Å²) >= 11 is 5.26. The first-order valence-electron chi connectivity index (χ1n) is 12.2. The van der Waals surface area contributed by atoms with Crippen molar-refractivity contribution < 1.29 is 23.9 Å². The molecule has 0 aromatic heterocycles. The summed E-state index contributed by atoms with van der Waals surface area (Å²) in [6, 6.07) is 23.8. The molecule has 1 saturated heterocycles. The minimum absolute atomic E-state index is 0.0597. The van der Waals surface area contributed by atoms with E-state index in [9.17, 15) is 14.4 Å². The summed E-state index contributed by atoms with van der Waals surface area (Å²) in [7, 11) is 1.59. The number of amides is 2. The van der Waals surface area contributed by atoms with E-state index in [1.165, 1.54) is 28.4 Å². The third kappa shape index (κ3) is 6.28. The second-order valence-electron chi connectivity index (χ2n) is 8.85. The Balaban J connectivity index is 1.34. The lowest BCUT2D eigenvalue weighted by Crippen LogP contribution is -2.70. The molecule has 3 aromatic carbocycles. The summed E-state index contributed by atoms with van der Waals surface area (Å²) in [5, 5.41) is 2.50. The summed E-state index contributed by atoms with van der Waals surface area (Å²) in [6.45, 7) is 0.0597. The van der Waals surface area contributed by atoms with Crippen LogP contribution in [0.1, 0.15) is 11.1 Å². The van der Waals surface area contributed by atoms with Crippen molar-refractivity contribution in [1.82, 2.24) is 10.2 Å². The number of halogens is 1. The number of methoxy groups -OCH3 is 1. The topological polar surface area (TPSA) is 84.9 Å². The van der Waals surface area contributed by atoms with Gasteiger partial charge in [-0.1, -0.05) is 66.4 Å². The van der Waals surface area contributed by atoms with Gasteiger partial charge in [0, 0.05) is 19.1 Å². The predicted octanol–water partition coefficient (Wildman–Crippen LogP) is 4.99. The Labute approximate surface area is 248 Å². The van der Waals surface area contributed by atoms with E-state index >= 15 is 0 Å². The highest BCUT2D eigenvalue weighted by atomic mass is 127. The maximum Gasteiger partial charge on any atom is 0.356 e. The van der Waals surface area contributed by atoms with Crippen LogP contribution < -0.4 is 10.1 Å². The maximum absolute atomic E-state index is 13.5. The van der Waals surface area contributed by atoms with Gasteiger partial charge >= 0.3 is 5.97 Å². The second-order valence-corrected chi connectivity index (χ2v) is 12.2. The van der Waals surface area contributed by atoms with Gasteiger partial charge in [-0.15, -0.1) is 11.8 Å². The average molecular weight is 673 g/mol. The fourth-order valence-corrected chi connectivity index (χ4v) is 7.47. The van der Waals surface area contributed by atoms with Crippen molar-refractivity contribution in [2.75, 3.05) is 12.9 Å². The lowest BCUT2D eigenvalue weighted by Gasteiger charge is -2.49. The highest BCUT2D eigenvalue weighted by molar-refractivity contribution is 14.1. The number of nitrogens with one attached hydrogen (secondary N) is 1. The molecule has 200 valence electrons. The summed E-state index contributed by atoms with van der Waals surface area (Å²) in [6.07, 6.45) is 0.183. The number of ether oxygens (including phenoxy) is 2. The number of carbonyl (C=O) groups excluding carboxylic acids is 3. The molecule has 39 heavy (non-hydrogen) atoms. The van der Waals surface area contributed by atoms with E-state index < -0.39 is 12.0 Å². The minimum Gasteiger partial charge on any atom is -0.497 e. The first-order valence-corrected chi connectivity index (χ1v) is 15.1. The number of rotatable bonds is 9. The molecule has 3 aromatic rings. The zero-order valence-corrected chi connectivity index (χ0v) is 24.8. The van der Waals surface area contributed by atoms with Gasteiger partial charge in [0.1, 0.15) is 29.5 Å². The highest BCUT2D eigenvalue weighted by Crippen LogP contribution is 2.46. The van der Waals surface area contributed by atoms with Crippen LogP contribution in [-0.2, 0) is 32.1 Å². The number of thioether (sulfide) groups is 2. The van der Waals surface area contributed by atoms with Crippen molar-refractivity contribution in [3.63, 3.8) is 0 Å². The zero-order chi connectivity index (χ0) is 27.4. The van der Waals surface area contributed by atoms with Crippen molar-refractivity contribution in [2.45, 2.75) is 29.3 Å². The van der Waals surface area contributed by atoms with Gasteiger partial charge in [0.05, 0.1) is 13.5 Å². The first-order chi connectivity index (χ1) is 18.9. The smallest absolute Gasteiger partial charge is 0.356 e. The van der Waals surface area contributed by atoms with Crippen LogP contribution in [0, 0.1) is 3.57 Å². The molecule has 0 radical (unpaired) electrons. The van der Waals surface area contributed by atoms with Gasteiger partial charge in [0.25, 0.3) is 5.91 Å². The molecule has 10 heteroatoms. The molecule has 1 N–H and O–H groups in total. The number of benzene rings is 3. The Morgan fingerprint density at radius 3 is 2.46 bits per heavy atom. The maximum atomic E-state index is 13.5. The van der Waals surface area contributed by atoms with Gasteiger partial charge < -0.3 is 14.8 Å². The van der Waals surface area contributed by atoms with Crippen molar-refractivity contribution in [3.8, 4) is 5.75 Å². The van der Waals surface area contributed by atoms with Crippen LogP contribution in [-0.4, -0.2) is 47.0 Å². The van der Waals surface area contributed by atoms with Gasteiger partial charge in [0.15, 0.2) is 0 Å². The van der Waals surface area contributed by atoms with Crippen molar-refractivity contribution in [3.05, 3.63) is 104 Å². The Morgan fingerprint density at radius 2 is 1.74 bits per heavy atom. The van der Waals surface area contributed by atoms with Crippen LogP contribution in [0.4, 0.5) is 0 Å². The normalized spacial score (nSPS) is 18.2. The van der Waals surface area contributed by atoms with E-state index in [1.807, 2.05) is 66.7 Å². The zero-order valence-electron chi connectivity index (χ0n) is 21.0. The molecule has 7 nitrogen and oxygen atoms in total. The standard InChI is InChI=1S/C29H25IN2O5S2/c1-36-20-13-11-19(12-14-20)16-37-29(35)26-23(39-22-10-6-5-9-21(22)30)17-38-28-25(27(34)32(26)28)31-24(33)15-18-7-3-2-4-8-18/h2-14,25,28H,15-17H2,1H3,(H,31,33)/t25-,28-/m1/s1. The molecule has 0 saturated carbocycles. The molecule has 1 fully saturated rings. The molecule has 2 aliphatic heterocycles. The molecule has 0 bridgehead atoms. The van der Waals surface area contributed by atoms with E-state index in [4.69, 9.17) is 9.47 Å². The number of nitrogens with zero attached hydrogens (tertiary/aromatic N) is 1. The molecule has 0 unspecified atom stereocenters. The minimum atomic E-state index is -0.695. The van der Waals surface area contributed by atoms with E-state index in [1.54, 1.807) is 19.2 Å². The van der Waals surface area contributed by atoms with Crippen LogP contribution in [0.5, 0.6) is 5.75 Å². The van der Waals surface area contributed by atoms with Crippen LogP contribution in [0.3, 0.4) is 0 Å². The van der Waals surface area contributed by atoms with E-state index in [-0.39, 0.29) is 35.9 Å². The quantitative estimate of drug-likeness (QED) is 0.195. The fraction of sp³-hybridized carbons (Fsp3) is 0.207. The Kier molecular flexibility index (Phi) is 8.83. The summed E-state index contributed by atoms with van der Waals surface area (Å²) < 4.78 is 11.9. The molecule has 0 aliphatic carbocycles. The van der Waals surface area contributed by atoms with E-state index in [2.05, 4.69) is 27.9 Å². The van der Waals surface area contributed by atoms with Crippen LogP contribution in [0.15, 0.2) is 94.4 Å². The van der Waals surface area contributed by atoms with Gasteiger partial charge in [-0.2, -0.15) is 0 Å². The summed E-state index contributed by atoms with van der Waals surface area (Å²) in [4.78, 5) is 42.7. The van der Waals surface area contributed by atoms with Crippen molar-refractivity contribution in [2.24, 2.45) is 0 Å². The molecular weight excluding hydrogens is 647 g/mol. The number of esters is 1. The van der Waals surface area contributed by atoms with Gasteiger partial charge in [-0.05, 0) is 58.0 Å². The molecule has 2 atom stereocenters. The number of fused-ring (bicyclic) bond motifs is 1. The SMILES string of the molecule is COc1ccc(COC(=O)C2=C(Sc3ccccc3I)CS[C@@H]3[C@H](NC(=O)Cc4ccccc4)C(=O)N23)cc1. The largest absolute Gasteiger partial charge is 0.497 e. The molecule has 2 aliphatic rings. The summed E-state index contributed by atoms with van der Waals surface area (Å²) in [5.74, 6) is 0.120. The average Bonchev–Trinajstić information content (AvgIpc) is 2.96. The third-order valence-corrected chi connectivity index (χ3v) is 10.2. The van der Waals surface area contributed by atoms with Crippen molar-refractivity contribution in [1.29, 1.82) is 0 Å². The lowest BCUT2D eigenvalue weighted by molar-refractivity contribution is -0.153. The Morgan fingerprint density at radius 1 is 1.03 bits per heavy atom. The fourth-order valence-electron chi connectivity index (χ4n) is 4.26. The number of β-lactam (4-membered cyclic amide) rings is 1. The van der Waals surface area contributed by atoms with Crippen molar-refractivity contribution >= 4 is 63.9 Å². The molecule has 2 heterocycles. The van der Waals surface area contributed by atoms with E-state index in [0.29, 0.717) is 11.5 Å². The second kappa shape index (κ2) is 12.5. The Hall–Kier alpha value is -2.96. The predicted molar refractivity (Wildman–Crippen MR) is 160 cm³/mol. The van der Waals surface area contributed by atoms with Gasteiger partial charge in [-0.25, -0.2) is 4.79 Å². The molecule has 2 amide bonds. The van der Waals surface area contributed by atoms with Crippen LogP contribution in [0.2, 0.25) is 0 Å². The summed E-state index contributed by atoms with van der Waals surface area (Å²) in [5.41, 5.74) is 1.92. The van der Waals surface area contributed by atoms with Gasteiger partial charge in [0.2, 0.25) is 5.91 Å². The molecule has 0 spiro atoms. The molecule has 5 rings (SSSR count). The third-order valence-electron chi connectivity index (χ3n) is 6.25. The molecular formula is C29H25IN2O5S2. The van der Waals surface area contributed by atoms with Gasteiger partial charge in [-0.3, -0.25) is 14.5 Å². The van der Waals surface area contributed by atoms with Crippen LogP contribution >= 0.6 is 46.1 Å². The first kappa shape index (κ1) is 27.6. The number of carbonyl (C=O) groups is 3.